The largest absolute Gasteiger partial charge is 0.256 e. The molecule has 3 heteroatoms. The molecule has 0 aliphatic heterocycles. The number of para-hydroxylation sites is 1. The first-order valence-corrected chi connectivity index (χ1v) is 12.0. The zero-order valence-corrected chi connectivity index (χ0v) is 17.1. The fraction of sp³-hybridized carbons (Fsp3) is 0. The Bertz CT molecular complexity index is 1080. The molecule has 0 amide bonds. The van der Waals surface area contributed by atoms with Crippen LogP contribution in [0.25, 0.3) is 0 Å². The minimum Gasteiger partial charge on any atom is -0.256 e. The molecular weight excluding hydrogens is 377 g/mol. The van der Waals surface area contributed by atoms with Gasteiger partial charge in [0.25, 0.3) is 0 Å². The highest BCUT2D eigenvalue weighted by molar-refractivity contribution is 8.25. The number of benzene rings is 4. The summed E-state index contributed by atoms with van der Waals surface area (Å²) in [7, 11) is 0. The maximum Gasteiger partial charge on any atom is 0.0629 e. The van der Waals surface area contributed by atoms with Gasteiger partial charge in [0.05, 0.1) is 5.69 Å². The summed E-state index contributed by atoms with van der Waals surface area (Å²) in [4.78, 5) is 4.60. The Morgan fingerprint density at radius 1 is 0.571 bits per heavy atom. The number of nitrogens with zero attached hydrogens (tertiary/aromatic N) is 1. The summed E-state index contributed by atoms with van der Waals surface area (Å²) in [6.45, 7) is 0. The molecule has 0 N–H and O–H groups in total. The second-order valence-electron chi connectivity index (χ2n) is 6.47. The maximum atomic E-state index is 6.41. The maximum absolute atomic E-state index is 6.41. The number of rotatable bonds is 5. The molecule has 0 unspecified atom stereocenters. The molecule has 0 fully saturated rings. The lowest BCUT2D eigenvalue weighted by molar-refractivity contribution is 1.53. The molecule has 0 aliphatic carbocycles. The summed E-state index contributed by atoms with van der Waals surface area (Å²) >= 11 is 6.41. The molecule has 0 bridgehead atoms. The summed E-state index contributed by atoms with van der Waals surface area (Å²) in [5.74, 6) is 0. The molecule has 136 valence electrons. The highest BCUT2D eigenvalue weighted by Crippen LogP contribution is 2.42. The first kappa shape index (κ1) is 18.6. The molecule has 1 nitrogen and oxygen atoms in total. The van der Waals surface area contributed by atoms with Crippen molar-refractivity contribution in [3.63, 3.8) is 0 Å². The molecule has 0 spiro atoms. The summed E-state index contributed by atoms with van der Waals surface area (Å²) in [6.07, 6.45) is 1.91. The van der Waals surface area contributed by atoms with Gasteiger partial charge in [0.15, 0.2) is 0 Å². The van der Waals surface area contributed by atoms with Crippen molar-refractivity contribution in [2.75, 3.05) is 0 Å². The van der Waals surface area contributed by atoms with E-state index in [-0.39, 0.29) is 0 Å². The van der Waals surface area contributed by atoms with E-state index in [9.17, 15) is 0 Å². The number of hydrogen-bond donors (Lipinski definition) is 0. The average Bonchev–Trinajstić information content (AvgIpc) is 2.79. The molecule has 0 heterocycles. The molecular formula is C25H20NPS. The molecule has 0 aromatic heterocycles. The summed E-state index contributed by atoms with van der Waals surface area (Å²) in [5.41, 5.74) is 2.00. The highest BCUT2D eigenvalue weighted by atomic mass is 32.4. The van der Waals surface area contributed by atoms with Gasteiger partial charge < -0.3 is 0 Å². The van der Waals surface area contributed by atoms with Crippen molar-refractivity contribution in [3.05, 3.63) is 121 Å². The third-order valence-corrected chi connectivity index (χ3v) is 9.55. The molecule has 0 radical (unpaired) electrons. The van der Waals surface area contributed by atoms with E-state index in [4.69, 9.17) is 11.8 Å². The predicted octanol–water partition coefficient (Wildman–Crippen LogP) is 5.19. The van der Waals surface area contributed by atoms with Crippen LogP contribution in [0.15, 0.2) is 120 Å². The smallest absolute Gasteiger partial charge is 0.0629 e. The van der Waals surface area contributed by atoms with E-state index < -0.39 is 6.04 Å². The Kier molecular flexibility index (Phi) is 5.62. The zero-order chi connectivity index (χ0) is 19.2. The van der Waals surface area contributed by atoms with Crippen LogP contribution in [0.5, 0.6) is 0 Å². The fourth-order valence-electron chi connectivity index (χ4n) is 3.19. The van der Waals surface area contributed by atoms with Crippen LogP contribution in [0.2, 0.25) is 0 Å². The topological polar surface area (TPSA) is 12.4 Å². The first-order valence-electron chi connectivity index (χ1n) is 9.18. The SMILES string of the molecule is S=P(c1ccccc1)(c1ccccc1)c1cccc(C=Nc2ccccc2)c1. The lowest BCUT2D eigenvalue weighted by Gasteiger charge is -2.24. The van der Waals surface area contributed by atoms with Crippen LogP contribution in [0.1, 0.15) is 5.56 Å². The molecule has 0 saturated heterocycles. The lowest BCUT2D eigenvalue weighted by atomic mass is 10.2. The predicted molar refractivity (Wildman–Crippen MR) is 126 cm³/mol. The van der Waals surface area contributed by atoms with Crippen LogP contribution in [0.3, 0.4) is 0 Å². The van der Waals surface area contributed by atoms with Crippen molar-refractivity contribution in [1.82, 2.24) is 0 Å². The third-order valence-electron chi connectivity index (χ3n) is 4.59. The van der Waals surface area contributed by atoms with Crippen LogP contribution in [0, 0.1) is 0 Å². The van der Waals surface area contributed by atoms with Crippen LogP contribution in [-0.4, -0.2) is 6.21 Å². The summed E-state index contributed by atoms with van der Waals surface area (Å²) < 4.78 is 0. The van der Waals surface area contributed by atoms with E-state index in [0.717, 1.165) is 11.3 Å². The van der Waals surface area contributed by atoms with Gasteiger partial charge in [0, 0.05) is 12.3 Å². The van der Waals surface area contributed by atoms with E-state index >= 15 is 0 Å². The standard InChI is InChI=1S/C25H20NPS/c28-27(23-14-6-2-7-15-23,24-16-8-3-9-17-24)25-18-10-11-21(19-25)20-26-22-12-4-1-5-13-22/h1-20H. The minimum absolute atomic E-state index is 0.943. The van der Waals surface area contributed by atoms with Crippen molar-refractivity contribution in [1.29, 1.82) is 0 Å². The van der Waals surface area contributed by atoms with Gasteiger partial charge >= 0.3 is 0 Å². The molecule has 4 rings (SSSR count). The van der Waals surface area contributed by atoms with Crippen LogP contribution < -0.4 is 15.9 Å². The zero-order valence-electron chi connectivity index (χ0n) is 15.3. The van der Waals surface area contributed by atoms with Crippen LogP contribution in [0.4, 0.5) is 5.69 Å². The Morgan fingerprint density at radius 2 is 1.07 bits per heavy atom. The molecule has 0 saturated carbocycles. The lowest BCUT2D eigenvalue weighted by Crippen LogP contribution is -2.24. The Balaban J connectivity index is 1.80. The number of hydrogen-bond acceptors (Lipinski definition) is 2. The first-order chi connectivity index (χ1) is 13.8. The van der Waals surface area contributed by atoms with Gasteiger partial charge in [-0.2, -0.15) is 0 Å². The summed E-state index contributed by atoms with van der Waals surface area (Å²) in [6, 6.07) is 37.3. The monoisotopic (exact) mass is 397 g/mol. The van der Waals surface area contributed by atoms with Gasteiger partial charge in [-0.1, -0.05) is 109 Å². The van der Waals surface area contributed by atoms with Gasteiger partial charge in [0.1, 0.15) is 0 Å². The van der Waals surface area contributed by atoms with Crippen molar-refractivity contribution < 1.29 is 0 Å². The summed E-state index contributed by atoms with van der Waals surface area (Å²) in [5, 5.41) is 3.58. The molecule has 0 aliphatic rings. The van der Waals surface area contributed by atoms with Gasteiger partial charge in [0.2, 0.25) is 0 Å². The van der Waals surface area contributed by atoms with E-state index in [1.165, 1.54) is 15.9 Å². The molecule has 28 heavy (non-hydrogen) atoms. The Hall–Kier alpha value is -2.80. The minimum atomic E-state index is -2.13. The van der Waals surface area contributed by atoms with Crippen molar-refractivity contribution in [3.8, 4) is 0 Å². The van der Waals surface area contributed by atoms with Crippen molar-refractivity contribution in [2.45, 2.75) is 0 Å². The molecule has 4 aromatic carbocycles. The van der Waals surface area contributed by atoms with Crippen molar-refractivity contribution >= 4 is 45.7 Å². The van der Waals surface area contributed by atoms with Gasteiger partial charge in [-0.25, -0.2) is 0 Å². The van der Waals surface area contributed by atoms with Crippen LogP contribution in [-0.2, 0) is 11.8 Å². The third kappa shape index (κ3) is 3.89. The van der Waals surface area contributed by atoms with Gasteiger partial charge in [-0.05, 0) is 39.7 Å². The highest BCUT2D eigenvalue weighted by Gasteiger charge is 2.24. The molecule has 0 atom stereocenters. The van der Waals surface area contributed by atoms with Gasteiger partial charge in [-0.15, -0.1) is 0 Å². The van der Waals surface area contributed by atoms with Crippen molar-refractivity contribution in [2.24, 2.45) is 4.99 Å². The van der Waals surface area contributed by atoms with Gasteiger partial charge in [-0.3, -0.25) is 4.99 Å². The second-order valence-corrected chi connectivity index (χ2v) is 10.9. The second kappa shape index (κ2) is 8.48. The van der Waals surface area contributed by atoms with Crippen LogP contribution >= 0.6 is 6.04 Å². The fourth-order valence-corrected chi connectivity index (χ4v) is 6.96. The number of aliphatic imine (C=N–C) groups is 1. The van der Waals surface area contributed by atoms with E-state index in [2.05, 4.69) is 77.8 Å². The Morgan fingerprint density at radius 3 is 1.64 bits per heavy atom. The Labute approximate surface area is 171 Å². The normalized spacial score (nSPS) is 11.6. The molecule has 4 aromatic rings. The quantitative estimate of drug-likeness (QED) is 0.333. The van der Waals surface area contributed by atoms with E-state index in [1.807, 2.05) is 48.7 Å². The average molecular weight is 397 g/mol. The van der Waals surface area contributed by atoms with E-state index in [1.54, 1.807) is 0 Å². The van der Waals surface area contributed by atoms with E-state index in [0.29, 0.717) is 0 Å².